The number of unbranched alkanes of at least 4 members (excludes halogenated alkanes) is 6. The Bertz CT molecular complexity index is 1030. The predicted octanol–water partition coefficient (Wildman–Crippen LogP) is 6.01. The number of carbonyl (C=O) groups is 4. The molecule has 2 aromatic carbocycles. The van der Waals surface area contributed by atoms with Crippen LogP contribution in [0.15, 0.2) is 48.5 Å². The molecular weight excluding hydrogens is 488 g/mol. The maximum Gasteiger partial charge on any atom is 0.338 e. The molecule has 0 bridgehead atoms. The quantitative estimate of drug-likeness (QED) is 0.190. The summed E-state index contributed by atoms with van der Waals surface area (Å²) in [5, 5.41) is 19.6. The zero-order valence-electron chi connectivity index (χ0n) is 22.2. The molecule has 2 aromatic rings. The Morgan fingerprint density at radius 3 is 1.50 bits per heavy atom. The Hall–Kier alpha value is -3.68. The number of rotatable bonds is 17. The first-order valence-corrected chi connectivity index (χ1v) is 13.3. The molecule has 0 aliphatic carbocycles. The third-order valence-electron chi connectivity index (χ3n) is 6.57. The van der Waals surface area contributed by atoms with Crippen LogP contribution in [-0.4, -0.2) is 47.3 Å². The van der Waals surface area contributed by atoms with E-state index in [9.17, 15) is 24.3 Å². The van der Waals surface area contributed by atoms with Crippen LogP contribution in [0.4, 0.5) is 0 Å². The van der Waals surface area contributed by atoms with Crippen molar-refractivity contribution in [1.82, 2.24) is 0 Å². The Kier molecular flexibility index (Phi) is 12.5. The fourth-order valence-corrected chi connectivity index (χ4v) is 4.79. The molecule has 38 heavy (non-hydrogen) atoms. The van der Waals surface area contributed by atoms with Crippen molar-refractivity contribution < 1.29 is 38.9 Å². The van der Waals surface area contributed by atoms with Crippen molar-refractivity contribution in [2.75, 3.05) is 13.2 Å². The highest BCUT2D eigenvalue weighted by atomic mass is 16.5. The van der Waals surface area contributed by atoms with Crippen LogP contribution < -0.4 is 0 Å². The lowest BCUT2D eigenvalue weighted by molar-refractivity contribution is -0.142. The summed E-state index contributed by atoms with van der Waals surface area (Å²) in [6.07, 6.45) is 5.79. The fraction of sp³-hybridized carbons (Fsp3) is 0.467. The number of hydrogen-bond donors (Lipinski definition) is 2. The molecule has 0 fully saturated rings. The molecule has 0 aliphatic heterocycles. The van der Waals surface area contributed by atoms with Crippen molar-refractivity contribution in [3.8, 4) is 0 Å². The minimum absolute atomic E-state index is 0.138. The third kappa shape index (κ3) is 7.91. The maximum atomic E-state index is 13.2. The second kappa shape index (κ2) is 15.5. The van der Waals surface area contributed by atoms with Crippen LogP contribution >= 0.6 is 0 Å². The molecule has 0 saturated heterocycles. The predicted molar refractivity (Wildman–Crippen MR) is 142 cm³/mol. The summed E-state index contributed by atoms with van der Waals surface area (Å²) in [4.78, 5) is 49.7. The molecule has 206 valence electrons. The van der Waals surface area contributed by atoms with Crippen molar-refractivity contribution in [1.29, 1.82) is 0 Å². The molecule has 2 N–H and O–H groups in total. The normalized spacial score (nSPS) is 11.1. The fourth-order valence-electron chi connectivity index (χ4n) is 4.79. The lowest BCUT2D eigenvalue weighted by Gasteiger charge is -2.33. The van der Waals surface area contributed by atoms with Gasteiger partial charge in [0.05, 0.1) is 24.3 Å². The molecule has 0 aliphatic rings. The molecule has 0 amide bonds. The van der Waals surface area contributed by atoms with Gasteiger partial charge in [0, 0.05) is 6.42 Å². The Morgan fingerprint density at radius 1 is 0.658 bits per heavy atom. The van der Waals surface area contributed by atoms with E-state index in [1.54, 1.807) is 62.4 Å². The average Bonchev–Trinajstić information content (AvgIpc) is 2.90. The Labute approximate surface area is 224 Å². The molecule has 0 saturated carbocycles. The number of carboxylic acid groups (broad SMARTS) is 2. The van der Waals surface area contributed by atoms with Gasteiger partial charge in [-0.2, -0.15) is 0 Å². The SMILES string of the molecule is CCOC(=O)c1ccccc1C(CCCCCCCCCC(=O)O)(C(=O)O)c1ccccc1C(=O)OCC. The van der Waals surface area contributed by atoms with E-state index in [-0.39, 0.29) is 48.3 Å². The summed E-state index contributed by atoms with van der Waals surface area (Å²) in [5.41, 5.74) is -0.843. The molecule has 8 heteroatoms. The average molecular weight is 527 g/mol. The van der Waals surface area contributed by atoms with E-state index in [1.165, 1.54) is 0 Å². The van der Waals surface area contributed by atoms with Crippen LogP contribution in [0.3, 0.4) is 0 Å². The van der Waals surface area contributed by atoms with Crippen molar-refractivity contribution in [2.45, 2.75) is 77.0 Å². The maximum absolute atomic E-state index is 13.2. The van der Waals surface area contributed by atoms with Gasteiger partial charge in [-0.25, -0.2) is 9.59 Å². The van der Waals surface area contributed by atoms with Gasteiger partial charge in [-0.05, 0) is 49.9 Å². The topological polar surface area (TPSA) is 127 Å². The van der Waals surface area contributed by atoms with Gasteiger partial charge >= 0.3 is 23.9 Å². The number of carboxylic acids is 2. The van der Waals surface area contributed by atoms with Gasteiger partial charge in [-0.3, -0.25) is 9.59 Å². The van der Waals surface area contributed by atoms with E-state index in [1.807, 2.05) is 0 Å². The van der Waals surface area contributed by atoms with Gasteiger partial charge < -0.3 is 19.7 Å². The van der Waals surface area contributed by atoms with E-state index in [0.29, 0.717) is 12.8 Å². The highest BCUT2D eigenvalue weighted by Crippen LogP contribution is 2.42. The van der Waals surface area contributed by atoms with E-state index in [2.05, 4.69) is 0 Å². The van der Waals surface area contributed by atoms with Gasteiger partial charge in [-0.15, -0.1) is 0 Å². The first-order chi connectivity index (χ1) is 18.3. The molecule has 0 radical (unpaired) electrons. The van der Waals surface area contributed by atoms with Crippen LogP contribution in [0.2, 0.25) is 0 Å². The lowest BCUT2D eigenvalue weighted by Crippen LogP contribution is -2.40. The minimum atomic E-state index is -1.69. The third-order valence-corrected chi connectivity index (χ3v) is 6.57. The van der Waals surface area contributed by atoms with Crippen molar-refractivity contribution >= 4 is 23.9 Å². The first-order valence-electron chi connectivity index (χ1n) is 13.3. The molecule has 0 aromatic heterocycles. The van der Waals surface area contributed by atoms with Gasteiger partial charge in [0.25, 0.3) is 0 Å². The van der Waals surface area contributed by atoms with Gasteiger partial charge in [-0.1, -0.05) is 74.9 Å². The molecule has 0 spiro atoms. The highest BCUT2D eigenvalue weighted by Gasteiger charge is 2.46. The van der Waals surface area contributed by atoms with Gasteiger partial charge in [0.1, 0.15) is 5.41 Å². The van der Waals surface area contributed by atoms with E-state index >= 15 is 0 Å². The number of esters is 2. The van der Waals surface area contributed by atoms with Crippen molar-refractivity contribution in [3.63, 3.8) is 0 Å². The zero-order chi connectivity index (χ0) is 28.0. The largest absolute Gasteiger partial charge is 0.481 e. The number of benzene rings is 2. The minimum Gasteiger partial charge on any atom is -0.481 e. The summed E-state index contributed by atoms with van der Waals surface area (Å²) in [6.45, 7) is 3.64. The molecule has 0 unspecified atom stereocenters. The van der Waals surface area contributed by atoms with E-state index < -0.39 is 29.3 Å². The number of ether oxygens (including phenoxy) is 2. The number of hydrogen-bond acceptors (Lipinski definition) is 6. The summed E-state index contributed by atoms with van der Waals surface area (Å²) in [7, 11) is 0. The molecular formula is C30H38O8. The second-order valence-corrected chi connectivity index (χ2v) is 9.11. The lowest BCUT2D eigenvalue weighted by atomic mass is 9.68. The van der Waals surface area contributed by atoms with Crippen molar-refractivity contribution in [2.24, 2.45) is 0 Å². The van der Waals surface area contributed by atoms with Crippen LogP contribution in [0.1, 0.15) is 103 Å². The smallest absolute Gasteiger partial charge is 0.338 e. The van der Waals surface area contributed by atoms with Gasteiger partial charge in [0.2, 0.25) is 0 Å². The van der Waals surface area contributed by atoms with Gasteiger partial charge in [0.15, 0.2) is 0 Å². The highest BCUT2D eigenvalue weighted by molar-refractivity contribution is 5.99. The van der Waals surface area contributed by atoms with Crippen LogP contribution in [-0.2, 0) is 24.5 Å². The molecule has 0 atom stereocenters. The number of carbonyl (C=O) groups excluding carboxylic acids is 2. The van der Waals surface area contributed by atoms with Crippen molar-refractivity contribution in [3.05, 3.63) is 70.8 Å². The first kappa shape index (κ1) is 30.5. The van der Waals surface area contributed by atoms with Crippen LogP contribution in [0.5, 0.6) is 0 Å². The molecule has 8 nitrogen and oxygen atoms in total. The summed E-state index contributed by atoms with van der Waals surface area (Å²) in [5.74, 6) is -3.20. The second-order valence-electron chi connectivity index (χ2n) is 9.11. The molecule has 0 heterocycles. The Balaban J connectivity index is 2.44. The summed E-state index contributed by atoms with van der Waals surface area (Å²) < 4.78 is 10.5. The molecule has 2 rings (SSSR count). The summed E-state index contributed by atoms with van der Waals surface area (Å²) >= 11 is 0. The number of aliphatic carboxylic acids is 2. The van der Waals surface area contributed by atoms with E-state index in [0.717, 1.165) is 32.1 Å². The Morgan fingerprint density at radius 2 is 1.08 bits per heavy atom. The monoisotopic (exact) mass is 526 g/mol. The summed E-state index contributed by atoms with van der Waals surface area (Å²) in [6, 6.07) is 13.0. The standard InChI is InChI=1S/C30H38O8/c1-3-37-27(33)22-16-11-13-18-24(22)30(29(35)36,21-15-9-7-5-6-8-10-20-26(31)32)25-19-14-12-17-23(25)28(34)38-4-2/h11-14,16-19H,3-10,15,20-21H2,1-2H3,(H,31,32)(H,35,36). The van der Waals surface area contributed by atoms with E-state index in [4.69, 9.17) is 14.6 Å². The zero-order valence-corrected chi connectivity index (χ0v) is 22.2. The van der Waals surface area contributed by atoms with Crippen LogP contribution in [0, 0.1) is 0 Å². The van der Waals surface area contributed by atoms with Crippen LogP contribution in [0.25, 0.3) is 0 Å².